The van der Waals surface area contributed by atoms with Gasteiger partial charge in [-0.15, -0.1) is 0 Å². The molecule has 3 aromatic rings. The van der Waals surface area contributed by atoms with Crippen molar-refractivity contribution in [1.82, 2.24) is 23.8 Å². The number of fused-ring (bicyclic) bond motifs is 1. The Kier molecular flexibility index (Phi) is 3.68. The summed E-state index contributed by atoms with van der Waals surface area (Å²) in [5, 5.41) is 7.28. The molecule has 3 heterocycles. The number of carbonyl (C=O) groups is 1. The summed E-state index contributed by atoms with van der Waals surface area (Å²) in [6.45, 7) is 7.07. The van der Waals surface area contributed by atoms with E-state index in [-0.39, 0.29) is 5.91 Å². The lowest BCUT2D eigenvalue weighted by Crippen LogP contribution is -2.49. The van der Waals surface area contributed by atoms with Crippen LogP contribution in [-0.4, -0.2) is 55.9 Å². The number of benzene rings is 1. The normalized spacial score (nSPS) is 15.2. The van der Waals surface area contributed by atoms with Crippen LogP contribution >= 0.6 is 11.7 Å². The number of aromatic amines is 1. The van der Waals surface area contributed by atoms with Crippen LogP contribution in [0.3, 0.4) is 0 Å². The molecule has 124 valence electrons. The minimum atomic E-state index is 0.0604. The Hall–Kier alpha value is -2.48. The van der Waals surface area contributed by atoms with Gasteiger partial charge in [0.1, 0.15) is 11.0 Å². The third-order valence-corrected chi connectivity index (χ3v) is 5.03. The summed E-state index contributed by atoms with van der Waals surface area (Å²) in [5.41, 5.74) is 5.56. The van der Waals surface area contributed by atoms with Gasteiger partial charge in [0.05, 0.1) is 28.8 Å². The summed E-state index contributed by atoms with van der Waals surface area (Å²) >= 11 is 1.17. The van der Waals surface area contributed by atoms with Gasteiger partial charge >= 0.3 is 0 Å². The average molecular weight is 342 g/mol. The fourth-order valence-corrected chi connectivity index (χ4v) is 3.76. The molecule has 0 unspecified atom stereocenters. The minimum absolute atomic E-state index is 0.0604. The Morgan fingerprint density at radius 2 is 1.88 bits per heavy atom. The van der Waals surface area contributed by atoms with Crippen molar-refractivity contribution in [2.24, 2.45) is 0 Å². The summed E-state index contributed by atoms with van der Waals surface area (Å²) in [5.74, 6) is 0.0604. The monoisotopic (exact) mass is 342 g/mol. The van der Waals surface area contributed by atoms with E-state index < -0.39 is 0 Å². The second-order valence-electron chi connectivity index (χ2n) is 6.03. The molecule has 0 bridgehead atoms. The second-order valence-corrected chi connectivity index (χ2v) is 6.56. The fourth-order valence-electron chi connectivity index (χ4n) is 3.24. The molecule has 1 saturated heterocycles. The first-order valence-corrected chi connectivity index (χ1v) is 8.64. The molecule has 8 heteroatoms. The van der Waals surface area contributed by atoms with Crippen LogP contribution in [0.15, 0.2) is 18.2 Å². The number of H-pyrrole nitrogens is 1. The van der Waals surface area contributed by atoms with Crippen LogP contribution in [0.1, 0.15) is 21.7 Å². The van der Waals surface area contributed by atoms with E-state index in [1.165, 1.54) is 11.7 Å². The van der Waals surface area contributed by atoms with Crippen LogP contribution in [0.25, 0.3) is 11.0 Å². The van der Waals surface area contributed by atoms with Crippen LogP contribution in [0.4, 0.5) is 5.69 Å². The highest BCUT2D eigenvalue weighted by Crippen LogP contribution is 2.24. The number of nitrogens with one attached hydrogen (secondary N) is 1. The number of piperazine rings is 1. The van der Waals surface area contributed by atoms with Gasteiger partial charge in [0, 0.05) is 31.7 Å². The fraction of sp³-hybridized carbons (Fsp3) is 0.375. The van der Waals surface area contributed by atoms with Gasteiger partial charge in [0.15, 0.2) is 0 Å². The predicted molar refractivity (Wildman–Crippen MR) is 93.6 cm³/mol. The maximum atomic E-state index is 12.7. The first kappa shape index (κ1) is 15.1. The highest BCUT2D eigenvalue weighted by atomic mass is 32.1. The molecule has 1 aliphatic rings. The molecule has 0 atom stereocenters. The number of nitrogens with zero attached hydrogens (tertiary/aromatic N) is 5. The largest absolute Gasteiger partial charge is 0.365 e. The Labute approximate surface area is 143 Å². The Bertz CT molecular complexity index is 873. The number of rotatable bonds is 2. The van der Waals surface area contributed by atoms with Gasteiger partial charge in [-0.05, 0) is 32.0 Å². The number of hydrogen-bond donors (Lipinski definition) is 1. The first-order valence-electron chi connectivity index (χ1n) is 7.91. The maximum absolute atomic E-state index is 12.7. The average Bonchev–Trinajstić information content (AvgIpc) is 3.20. The number of hydrogen-bond acceptors (Lipinski definition) is 6. The molecule has 2 aromatic heterocycles. The van der Waals surface area contributed by atoms with Crippen molar-refractivity contribution >= 4 is 34.4 Å². The van der Waals surface area contributed by atoms with Crippen molar-refractivity contribution in [3.63, 3.8) is 0 Å². The maximum Gasteiger partial charge on any atom is 0.254 e. The molecule has 1 amide bonds. The molecular weight excluding hydrogens is 324 g/mol. The van der Waals surface area contributed by atoms with Crippen LogP contribution in [0, 0.1) is 13.8 Å². The van der Waals surface area contributed by atoms with E-state index >= 15 is 0 Å². The predicted octanol–water partition coefficient (Wildman–Crippen LogP) is 1.99. The lowest BCUT2D eigenvalue weighted by atomic mass is 10.1. The van der Waals surface area contributed by atoms with Gasteiger partial charge in [0.25, 0.3) is 5.91 Å². The molecule has 1 aliphatic heterocycles. The van der Waals surface area contributed by atoms with E-state index in [2.05, 4.69) is 23.8 Å². The molecular formula is C16H18N6OS. The minimum Gasteiger partial charge on any atom is -0.365 e. The number of carbonyl (C=O) groups excluding carboxylic acids is 1. The molecule has 0 aliphatic carbocycles. The third-order valence-electron chi connectivity index (χ3n) is 4.47. The first-order chi connectivity index (χ1) is 11.6. The summed E-state index contributed by atoms with van der Waals surface area (Å²) in [4.78, 5) is 16.9. The number of amides is 1. The highest BCUT2D eigenvalue weighted by Gasteiger charge is 2.25. The number of aromatic nitrogens is 4. The lowest BCUT2D eigenvalue weighted by molar-refractivity contribution is 0.0747. The Morgan fingerprint density at radius 3 is 2.58 bits per heavy atom. The molecule has 7 nitrogen and oxygen atoms in total. The lowest BCUT2D eigenvalue weighted by Gasteiger charge is -2.36. The topological polar surface area (TPSA) is 78.0 Å². The van der Waals surface area contributed by atoms with Crippen molar-refractivity contribution in [3.8, 4) is 0 Å². The van der Waals surface area contributed by atoms with Crippen molar-refractivity contribution < 1.29 is 4.79 Å². The smallest absolute Gasteiger partial charge is 0.254 e. The van der Waals surface area contributed by atoms with Gasteiger partial charge in [-0.2, -0.15) is 13.8 Å². The van der Waals surface area contributed by atoms with Gasteiger partial charge in [0.2, 0.25) is 0 Å². The van der Waals surface area contributed by atoms with E-state index in [4.69, 9.17) is 0 Å². The van der Waals surface area contributed by atoms with Crippen molar-refractivity contribution in [3.05, 3.63) is 35.2 Å². The Balaban J connectivity index is 1.48. The molecule has 4 rings (SSSR count). The quantitative estimate of drug-likeness (QED) is 0.771. The zero-order valence-electron chi connectivity index (χ0n) is 13.6. The van der Waals surface area contributed by atoms with Gasteiger partial charge in [-0.25, -0.2) is 0 Å². The molecule has 1 fully saturated rings. The molecule has 1 N–H and O–H groups in total. The van der Waals surface area contributed by atoms with E-state index in [1.54, 1.807) is 0 Å². The zero-order chi connectivity index (χ0) is 16.7. The van der Waals surface area contributed by atoms with Gasteiger partial charge in [-0.1, -0.05) is 0 Å². The second kappa shape index (κ2) is 5.86. The number of anilines is 1. The van der Waals surface area contributed by atoms with Gasteiger partial charge < -0.3 is 9.80 Å². The summed E-state index contributed by atoms with van der Waals surface area (Å²) in [6, 6.07) is 5.53. The summed E-state index contributed by atoms with van der Waals surface area (Å²) < 4.78 is 8.39. The van der Waals surface area contributed by atoms with Crippen molar-refractivity contribution in [2.45, 2.75) is 13.8 Å². The SMILES string of the molecule is Cc1n[nH]c(C)c1N1CCN(C(=O)c2ccc3nsnc3c2)CC1. The highest BCUT2D eigenvalue weighted by molar-refractivity contribution is 7.00. The van der Waals surface area contributed by atoms with E-state index in [0.717, 1.165) is 41.2 Å². The standard InChI is InChI=1S/C16H18N6OS/c1-10-15(11(2)18-17-10)21-5-7-22(8-6-21)16(23)12-3-4-13-14(9-12)20-24-19-13/h3-4,9H,5-8H2,1-2H3,(H,17,18). The van der Waals surface area contributed by atoms with Crippen LogP contribution in [-0.2, 0) is 0 Å². The van der Waals surface area contributed by atoms with E-state index in [0.29, 0.717) is 18.7 Å². The van der Waals surface area contributed by atoms with E-state index in [9.17, 15) is 4.79 Å². The number of aryl methyl sites for hydroxylation is 2. The molecule has 24 heavy (non-hydrogen) atoms. The van der Waals surface area contributed by atoms with Crippen molar-refractivity contribution in [1.29, 1.82) is 0 Å². The molecule has 1 aromatic carbocycles. The summed E-state index contributed by atoms with van der Waals surface area (Å²) in [6.07, 6.45) is 0. The molecule has 0 saturated carbocycles. The van der Waals surface area contributed by atoms with Crippen molar-refractivity contribution in [2.75, 3.05) is 31.1 Å². The van der Waals surface area contributed by atoms with Crippen LogP contribution in [0.5, 0.6) is 0 Å². The summed E-state index contributed by atoms with van der Waals surface area (Å²) in [7, 11) is 0. The molecule has 0 spiro atoms. The third kappa shape index (κ3) is 2.52. The van der Waals surface area contributed by atoms with Gasteiger partial charge in [-0.3, -0.25) is 9.89 Å². The molecule has 0 radical (unpaired) electrons. The van der Waals surface area contributed by atoms with Crippen LogP contribution < -0.4 is 4.90 Å². The van der Waals surface area contributed by atoms with Crippen LogP contribution in [0.2, 0.25) is 0 Å². The zero-order valence-corrected chi connectivity index (χ0v) is 14.4. The van der Waals surface area contributed by atoms with E-state index in [1.807, 2.05) is 36.9 Å². The Morgan fingerprint density at radius 1 is 1.12 bits per heavy atom.